The van der Waals surface area contributed by atoms with E-state index < -0.39 is 29.4 Å². The molecule has 0 bridgehead atoms. The van der Waals surface area contributed by atoms with Crippen molar-refractivity contribution in [1.29, 1.82) is 0 Å². The molecule has 2 N–H and O–H groups in total. The molecule has 1 heterocycles. The third-order valence-corrected chi connectivity index (χ3v) is 13.3. The van der Waals surface area contributed by atoms with Crippen molar-refractivity contribution in [3.05, 3.63) is 47.5 Å². The number of ketones is 3. The minimum atomic E-state index is -1.77. The second-order valence-corrected chi connectivity index (χ2v) is 16.7. The molecule has 9 heteroatoms. The van der Waals surface area contributed by atoms with Crippen molar-refractivity contribution in [2.24, 2.45) is 28.6 Å². The van der Waals surface area contributed by atoms with Gasteiger partial charge in [0, 0.05) is 49.2 Å². The van der Waals surface area contributed by atoms with Crippen molar-refractivity contribution in [2.75, 3.05) is 19.8 Å². The summed E-state index contributed by atoms with van der Waals surface area (Å²) in [6.07, 6.45) is 7.47. The van der Waals surface area contributed by atoms with Gasteiger partial charge in [-0.2, -0.15) is 0 Å². The number of hydrogen-bond donors (Lipinski definition) is 2. The number of aliphatic hydroxyl groups is 1. The van der Waals surface area contributed by atoms with Crippen molar-refractivity contribution in [3.63, 3.8) is 0 Å². The van der Waals surface area contributed by atoms with Crippen LogP contribution in [0.2, 0.25) is 0 Å². The Morgan fingerprint density at radius 2 is 1.73 bits per heavy atom. The molecular weight excluding hydrogens is 622 g/mol. The van der Waals surface area contributed by atoms with E-state index in [0.717, 1.165) is 37.7 Å². The maximum Gasteiger partial charge on any atom is 0.306 e. The Balaban J connectivity index is 1.00. The van der Waals surface area contributed by atoms with E-state index in [9.17, 15) is 29.1 Å². The second-order valence-electron chi connectivity index (χ2n) is 16.7. The third-order valence-electron chi connectivity index (χ3n) is 13.3. The molecule has 6 rings (SSSR count). The smallest absolute Gasteiger partial charge is 0.306 e. The fourth-order valence-corrected chi connectivity index (χ4v) is 10.8. The highest BCUT2D eigenvalue weighted by atomic mass is 16.5. The summed E-state index contributed by atoms with van der Waals surface area (Å²) in [6.45, 7) is 8.67. The van der Waals surface area contributed by atoms with Crippen LogP contribution in [0, 0.1) is 28.6 Å². The molecule has 1 saturated heterocycles. The first kappa shape index (κ1) is 35.6. The summed E-state index contributed by atoms with van der Waals surface area (Å²) in [4.78, 5) is 65.0. The van der Waals surface area contributed by atoms with Crippen LogP contribution >= 0.6 is 0 Å². The van der Waals surface area contributed by atoms with Gasteiger partial charge in [0.25, 0.3) is 0 Å². The number of esters is 1. The Labute approximate surface area is 289 Å². The van der Waals surface area contributed by atoms with E-state index in [1.165, 1.54) is 5.56 Å². The van der Waals surface area contributed by atoms with Gasteiger partial charge in [-0.25, -0.2) is 0 Å². The predicted molar refractivity (Wildman–Crippen MR) is 182 cm³/mol. The van der Waals surface area contributed by atoms with Crippen LogP contribution in [-0.4, -0.2) is 65.3 Å². The third kappa shape index (κ3) is 6.46. The molecular formula is C40H53NO8. The number of carbonyl (C=O) groups excluding carboxylic acids is 5. The van der Waals surface area contributed by atoms with Gasteiger partial charge < -0.3 is 19.9 Å². The van der Waals surface area contributed by atoms with Crippen molar-refractivity contribution < 1.29 is 38.6 Å². The zero-order valence-corrected chi connectivity index (χ0v) is 29.6. The van der Waals surface area contributed by atoms with E-state index in [1.807, 2.05) is 25.1 Å². The average molecular weight is 676 g/mol. The van der Waals surface area contributed by atoms with E-state index in [4.69, 9.17) is 9.47 Å². The van der Waals surface area contributed by atoms with Crippen LogP contribution in [0.1, 0.15) is 110 Å². The van der Waals surface area contributed by atoms with Gasteiger partial charge in [-0.3, -0.25) is 24.0 Å². The van der Waals surface area contributed by atoms with Gasteiger partial charge in [-0.1, -0.05) is 49.8 Å². The zero-order chi connectivity index (χ0) is 35.2. The molecule has 266 valence electrons. The first-order valence-corrected chi connectivity index (χ1v) is 18.3. The maximum atomic E-state index is 13.9. The van der Waals surface area contributed by atoms with E-state index in [-0.39, 0.29) is 77.3 Å². The summed E-state index contributed by atoms with van der Waals surface area (Å²) in [5.74, 6) is -1.55. The molecule has 1 aliphatic heterocycles. The largest absolute Gasteiger partial charge is 0.458 e. The number of carbonyl (C=O) groups is 5. The quantitative estimate of drug-likeness (QED) is 0.317. The van der Waals surface area contributed by atoms with Crippen LogP contribution < -0.4 is 5.32 Å². The van der Waals surface area contributed by atoms with Crippen LogP contribution in [0.15, 0.2) is 42.0 Å². The lowest BCUT2D eigenvalue weighted by molar-refractivity contribution is -0.173. The lowest BCUT2D eigenvalue weighted by Gasteiger charge is -2.57. The van der Waals surface area contributed by atoms with Crippen LogP contribution in [0.25, 0.3) is 0 Å². The number of allylic oxidation sites excluding steroid dienone is 1. The molecule has 1 aromatic carbocycles. The van der Waals surface area contributed by atoms with E-state index in [1.54, 1.807) is 6.08 Å². The number of nitrogens with one attached hydrogen (secondary N) is 1. The van der Waals surface area contributed by atoms with Gasteiger partial charge in [-0.05, 0) is 94.1 Å². The molecule has 7 atom stereocenters. The summed E-state index contributed by atoms with van der Waals surface area (Å²) >= 11 is 0. The highest BCUT2D eigenvalue weighted by molar-refractivity contribution is 5.95. The van der Waals surface area contributed by atoms with Gasteiger partial charge >= 0.3 is 5.97 Å². The van der Waals surface area contributed by atoms with Gasteiger partial charge in [0.05, 0.1) is 12.0 Å². The Morgan fingerprint density at radius 1 is 0.980 bits per heavy atom. The van der Waals surface area contributed by atoms with E-state index in [2.05, 4.69) is 38.2 Å². The summed E-state index contributed by atoms with van der Waals surface area (Å²) < 4.78 is 11.3. The van der Waals surface area contributed by atoms with Crippen LogP contribution in [-0.2, 0) is 38.9 Å². The number of benzene rings is 1. The van der Waals surface area contributed by atoms with Crippen LogP contribution in [0.3, 0.4) is 0 Å². The minimum Gasteiger partial charge on any atom is -0.458 e. The fraction of sp³-hybridized carbons (Fsp3) is 0.675. The van der Waals surface area contributed by atoms with Crippen LogP contribution in [0.4, 0.5) is 0 Å². The molecule has 3 saturated carbocycles. The van der Waals surface area contributed by atoms with Crippen molar-refractivity contribution in [3.8, 4) is 0 Å². The molecule has 4 aliphatic carbocycles. The monoisotopic (exact) mass is 675 g/mol. The Hall–Kier alpha value is -3.17. The summed E-state index contributed by atoms with van der Waals surface area (Å²) in [6, 6.07) is 10.3. The Morgan fingerprint density at radius 3 is 2.47 bits per heavy atom. The molecule has 0 radical (unpaired) electrons. The van der Waals surface area contributed by atoms with Gasteiger partial charge in [0.1, 0.15) is 11.4 Å². The Bertz CT molecular complexity index is 1530. The lowest BCUT2D eigenvalue weighted by Crippen LogP contribution is -2.61. The number of rotatable bonds is 10. The average Bonchev–Trinajstić information content (AvgIpc) is 3.33. The van der Waals surface area contributed by atoms with Crippen molar-refractivity contribution >= 4 is 29.2 Å². The topological polar surface area (TPSA) is 136 Å². The number of ether oxygens (including phenoxy) is 2. The highest BCUT2D eigenvalue weighted by Crippen LogP contribution is 2.66. The first-order chi connectivity index (χ1) is 23.1. The lowest BCUT2D eigenvalue weighted by atomic mass is 9.46. The van der Waals surface area contributed by atoms with Crippen molar-refractivity contribution in [1.82, 2.24) is 5.32 Å². The normalized spacial score (nSPS) is 36.5. The number of amides is 1. The van der Waals surface area contributed by atoms with Gasteiger partial charge in [-0.15, -0.1) is 0 Å². The standard InChI is InChI=1S/C40H53NO8/c1-36(2)25-39(19-21-49-36,26-8-6-5-7-9-26)18-20-41-33(45)12-13-34(46)48-24-32(44)40(47)17-15-30-29-11-10-27-22-28(42)14-16-37(27,3)35(29)31(43)23-38(30,40)4/h5-9,22,29-30,35,47H,10-21,23-25H2,1-4H3,(H,41,45)/t29?,30?,35?,37-,38-,39?,40-/m0/s1. The van der Waals surface area contributed by atoms with Crippen LogP contribution in [0.5, 0.6) is 0 Å². The molecule has 49 heavy (non-hydrogen) atoms. The zero-order valence-electron chi connectivity index (χ0n) is 29.6. The van der Waals surface area contributed by atoms with E-state index >= 15 is 0 Å². The highest BCUT2D eigenvalue weighted by Gasteiger charge is 2.68. The summed E-state index contributed by atoms with van der Waals surface area (Å²) in [5, 5.41) is 14.9. The summed E-state index contributed by atoms with van der Waals surface area (Å²) in [5.41, 5.74) is -1.17. The SMILES string of the molecule is CC1(C)CC(CCNC(=O)CCC(=O)OCC(=O)[C@@]2(O)CCC3C4CCC5=CC(=O)CC[C@]5(C)C4C(=O)C[C@@]32C)(c2ccccc2)CCO1. The van der Waals surface area contributed by atoms with Crippen molar-refractivity contribution in [2.45, 2.75) is 121 Å². The second kappa shape index (κ2) is 13.2. The molecule has 0 spiro atoms. The molecule has 0 aromatic heterocycles. The fourth-order valence-electron chi connectivity index (χ4n) is 10.8. The molecule has 5 aliphatic rings. The first-order valence-electron chi connectivity index (χ1n) is 18.3. The number of fused-ring (bicyclic) bond motifs is 5. The molecule has 1 aromatic rings. The number of Topliss-reactive ketones (excluding diaryl/α,β-unsaturated/α-hetero) is 2. The summed E-state index contributed by atoms with van der Waals surface area (Å²) in [7, 11) is 0. The predicted octanol–water partition coefficient (Wildman–Crippen LogP) is 5.35. The minimum absolute atomic E-state index is 0.0206. The Kier molecular flexibility index (Phi) is 9.59. The molecule has 4 unspecified atom stereocenters. The number of hydrogen-bond acceptors (Lipinski definition) is 8. The molecule has 4 fully saturated rings. The molecule has 1 amide bonds. The van der Waals surface area contributed by atoms with E-state index in [0.29, 0.717) is 32.4 Å². The van der Waals surface area contributed by atoms with Gasteiger partial charge in [0.2, 0.25) is 11.7 Å². The van der Waals surface area contributed by atoms with Gasteiger partial charge in [0.15, 0.2) is 12.4 Å². The maximum absolute atomic E-state index is 13.9. The molecule has 9 nitrogen and oxygen atoms in total.